The van der Waals surface area contributed by atoms with Gasteiger partial charge in [-0.25, -0.2) is 9.97 Å². The Morgan fingerprint density at radius 2 is 0.933 bits per heavy atom. The molecule has 0 fully saturated rings. The molecule has 4 aromatic rings. The Bertz CT molecular complexity index is 1590. The maximum Gasteiger partial charge on any atom is 0.268 e. The summed E-state index contributed by atoms with van der Waals surface area (Å²) in [5, 5.41) is 34.2. The molecule has 242 valence electrons. The van der Waals surface area contributed by atoms with Crippen molar-refractivity contribution in [2.45, 2.75) is 105 Å². The Morgan fingerprint density at radius 1 is 0.600 bits per heavy atom. The van der Waals surface area contributed by atoms with Gasteiger partial charge in [-0.2, -0.15) is 0 Å². The van der Waals surface area contributed by atoms with Crippen molar-refractivity contribution in [3.8, 4) is 11.5 Å². The van der Waals surface area contributed by atoms with Crippen LogP contribution >= 0.6 is 0 Å². The fraction of sp³-hybridized carbons (Fsp3) is 0.444. The second kappa shape index (κ2) is 12.5. The molecule has 0 aliphatic rings. The third kappa shape index (κ3) is 8.01. The Labute approximate surface area is 266 Å². The lowest BCUT2D eigenvalue weighted by molar-refractivity contribution is 0.100. The zero-order chi connectivity index (χ0) is 34.1. The molecule has 4 rings (SSSR count). The van der Waals surface area contributed by atoms with Crippen LogP contribution < -0.4 is 0 Å². The van der Waals surface area contributed by atoms with Gasteiger partial charge >= 0.3 is 0 Å². The Kier molecular flexibility index (Phi) is 9.77. The van der Waals surface area contributed by atoms with Crippen LogP contribution in [0, 0.1) is 0 Å². The van der Waals surface area contributed by atoms with Crippen molar-refractivity contribution in [1.29, 1.82) is 0 Å². The normalized spacial score (nSPS) is 12.9. The van der Waals surface area contributed by atoms with Crippen molar-refractivity contribution < 1.29 is 29.0 Å². The number of ketones is 1. The number of benzene rings is 2. The second-order valence-corrected chi connectivity index (χ2v) is 15.3. The molecule has 2 aromatic carbocycles. The molecule has 0 saturated carbocycles. The summed E-state index contributed by atoms with van der Waals surface area (Å²) in [5.41, 5.74) is 3.34. The number of oxime groups is 1. The number of hydrogen-bond donors (Lipinski definition) is 3. The molecule has 0 bridgehead atoms. The summed E-state index contributed by atoms with van der Waals surface area (Å²) in [7, 11) is 0. The first-order chi connectivity index (χ1) is 20.6. The van der Waals surface area contributed by atoms with Crippen LogP contribution in [0.5, 0.6) is 11.5 Å². The third-order valence-electron chi connectivity index (χ3n) is 7.35. The van der Waals surface area contributed by atoms with E-state index in [1.165, 1.54) is 24.9 Å². The van der Waals surface area contributed by atoms with Crippen LogP contribution in [0.4, 0.5) is 0 Å². The summed E-state index contributed by atoms with van der Waals surface area (Å²) in [4.78, 5) is 20.5. The zero-order valence-corrected chi connectivity index (χ0v) is 28.5. The van der Waals surface area contributed by atoms with E-state index in [-0.39, 0.29) is 56.4 Å². The average molecular weight is 618 g/mol. The van der Waals surface area contributed by atoms with Crippen LogP contribution in [-0.2, 0) is 21.7 Å². The van der Waals surface area contributed by atoms with Crippen molar-refractivity contribution in [2.24, 2.45) is 5.16 Å². The molecule has 3 N–H and O–H groups in total. The number of carbonyl (C=O) groups excluding carboxylic acids is 1. The monoisotopic (exact) mass is 617 g/mol. The van der Waals surface area contributed by atoms with Gasteiger partial charge in [0.1, 0.15) is 24.0 Å². The molecule has 9 nitrogen and oxygen atoms in total. The highest BCUT2D eigenvalue weighted by atomic mass is 16.4. The fourth-order valence-corrected chi connectivity index (χ4v) is 4.85. The van der Waals surface area contributed by atoms with Gasteiger partial charge in [-0.1, -0.05) is 88.2 Å². The minimum Gasteiger partial charge on any atom is -0.507 e. The number of oxazole rings is 2. The molecule has 0 unspecified atom stereocenters. The van der Waals surface area contributed by atoms with Crippen molar-refractivity contribution in [3.05, 3.63) is 94.3 Å². The van der Waals surface area contributed by atoms with Gasteiger partial charge in [-0.3, -0.25) is 4.79 Å². The van der Waals surface area contributed by atoms with Gasteiger partial charge in [-0.05, 0) is 45.9 Å². The molecular formula is C36H47N3O6. The molecule has 2 aromatic heterocycles. The molecule has 9 heteroatoms. The number of hydrogen-bond acceptors (Lipinski definition) is 9. The molecule has 0 saturated heterocycles. The van der Waals surface area contributed by atoms with E-state index in [1.54, 1.807) is 12.1 Å². The predicted molar refractivity (Wildman–Crippen MR) is 175 cm³/mol. The van der Waals surface area contributed by atoms with Crippen molar-refractivity contribution in [3.63, 3.8) is 0 Å². The summed E-state index contributed by atoms with van der Waals surface area (Å²) in [6.07, 6.45) is 5.75. The standard InChI is InChI=1S/C18H24N2O3.C18H23NO3/c1-17(2,3)12-9-11(10-13(15(12)21)18(4,5)6)14(20-22)16-19-7-8-23-16;1-17(2,3)12-9-11(14(20)16-19-7-8-22-16)10-13(15(12)21)18(4,5)6/h7-10,21-22H,1-6H3;7-10,21H,1-6H3. The van der Waals surface area contributed by atoms with E-state index in [0.29, 0.717) is 11.1 Å². The SMILES string of the molecule is CC(C)(C)c1cc(C(=NO)c2ncco2)cc(C(C)(C)C)c1O.CC(C)(C)c1cc(C(=O)c2ncco2)cc(C(C)(C)C)c1O. The summed E-state index contributed by atoms with van der Waals surface area (Å²) in [6, 6.07) is 7.11. The quantitative estimate of drug-likeness (QED) is 0.0897. The third-order valence-corrected chi connectivity index (χ3v) is 7.35. The highest BCUT2D eigenvalue weighted by Gasteiger charge is 2.30. The van der Waals surface area contributed by atoms with E-state index in [9.17, 15) is 20.2 Å². The van der Waals surface area contributed by atoms with E-state index in [1.807, 2.05) is 95.2 Å². The van der Waals surface area contributed by atoms with E-state index >= 15 is 0 Å². The van der Waals surface area contributed by atoms with Crippen molar-refractivity contribution >= 4 is 11.5 Å². The van der Waals surface area contributed by atoms with Gasteiger partial charge in [0.25, 0.3) is 5.89 Å². The topological polar surface area (TPSA) is 142 Å². The predicted octanol–water partition coefficient (Wildman–Crippen LogP) is 8.41. The number of nitrogens with zero attached hydrogens (tertiary/aromatic N) is 3. The molecule has 0 radical (unpaired) electrons. The molecule has 0 aliphatic heterocycles. The number of phenols is 2. The number of aromatic nitrogens is 2. The number of aromatic hydroxyl groups is 2. The fourth-order valence-electron chi connectivity index (χ4n) is 4.85. The first kappa shape index (κ1) is 35.1. The largest absolute Gasteiger partial charge is 0.507 e. The Morgan fingerprint density at radius 3 is 1.22 bits per heavy atom. The van der Waals surface area contributed by atoms with Crippen LogP contribution in [0.2, 0.25) is 0 Å². The zero-order valence-electron chi connectivity index (χ0n) is 28.5. The summed E-state index contributed by atoms with van der Waals surface area (Å²) in [5.74, 6) is 0.548. The van der Waals surface area contributed by atoms with Crippen LogP contribution in [-0.4, -0.2) is 36.9 Å². The van der Waals surface area contributed by atoms with Gasteiger partial charge < -0.3 is 24.3 Å². The highest BCUT2D eigenvalue weighted by molar-refractivity contribution is 6.10. The Balaban J connectivity index is 0.000000246. The lowest BCUT2D eigenvalue weighted by Gasteiger charge is -2.28. The maximum atomic E-state index is 12.5. The number of rotatable bonds is 4. The van der Waals surface area contributed by atoms with Crippen LogP contribution in [0.15, 0.2) is 63.2 Å². The minimum absolute atomic E-state index is 0.0606. The van der Waals surface area contributed by atoms with Gasteiger partial charge in [-0.15, -0.1) is 0 Å². The van der Waals surface area contributed by atoms with Crippen LogP contribution in [0.3, 0.4) is 0 Å². The molecule has 0 spiro atoms. The first-order valence-electron chi connectivity index (χ1n) is 14.9. The van der Waals surface area contributed by atoms with E-state index in [2.05, 4.69) is 15.1 Å². The number of phenolic OH excluding ortho intramolecular Hbond substituents is 2. The van der Waals surface area contributed by atoms with E-state index < -0.39 is 0 Å². The summed E-state index contributed by atoms with van der Waals surface area (Å²) in [6.45, 7) is 24.2. The maximum absolute atomic E-state index is 12.5. The first-order valence-corrected chi connectivity index (χ1v) is 14.9. The highest BCUT2D eigenvalue weighted by Crippen LogP contribution is 2.41. The lowest BCUT2D eigenvalue weighted by atomic mass is 9.78. The summed E-state index contributed by atoms with van der Waals surface area (Å²) >= 11 is 0. The molecule has 0 atom stereocenters. The molecule has 0 amide bonds. The lowest BCUT2D eigenvalue weighted by Crippen LogP contribution is -2.19. The van der Waals surface area contributed by atoms with E-state index in [4.69, 9.17) is 8.83 Å². The van der Waals surface area contributed by atoms with Crippen molar-refractivity contribution in [1.82, 2.24) is 9.97 Å². The Hall–Kier alpha value is -4.40. The second-order valence-electron chi connectivity index (χ2n) is 15.3. The van der Waals surface area contributed by atoms with Gasteiger partial charge in [0.15, 0.2) is 5.71 Å². The average Bonchev–Trinajstić information content (AvgIpc) is 3.62. The summed E-state index contributed by atoms with van der Waals surface area (Å²) < 4.78 is 10.4. The minimum atomic E-state index is -0.281. The van der Waals surface area contributed by atoms with Gasteiger partial charge in [0.2, 0.25) is 11.7 Å². The number of carbonyl (C=O) groups is 1. The van der Waals surface area contributed by atoms with E-state index in [0.717, 1.165) is 22.3 Å². The molecular weight excluding hydrogens is 570 g/mol. The molecule has 45 heavy (non-hydrogen) atoms. The van der Waals surface area contributed by atoms with Crippen molar-refractivity contribution in [2.75, 3.05) is 0 Å². The van der Waals surface area contributed by atoms with Crippen LogP contribution in [0.25, 0.3) is 0 Å². The van der Waals surface area contributed by atoms with Gasteiger partial charge in [0.05, 0.1) is 12.4 Å². The molecule has 0 aliphatic carbocycles. The van der Waals surface area contributed by atoms with Crippen LogP contribution in [0.1, 0.15) is 133 Å². The smallest absolute Gasteiger partial charge is 0.268 e. The molecule has 2 heterocycles. The van der Waals surface area contributed by atoms with Gasteiger partial charge in [0, 0.05) is 33.4 Å².